The molecular weight excluding hydrogens is 332 g/mol. The van der Waals surface area contributed by atoms with E-state index in [0.717, 1.165) is 41.7 Å². The minimum absolute atomic E-state index is 0.0327. The number of amides is 2. The Morgan fingerprint density at radius 1 is 1.29 bits per heavy atom. The summed E-state index contributed by atoms with van der Waals surface area (Å²) >= 11 is 3.43. The normalized spacial score (nSPS) is 14.3. The first-order chi connectivity index (χ1) is 9.99. The largest absolute Gasteiger partial charge is 0.343 e. The molecule has 1 aliphatic heterocycles. The fraction of sp³-hybridized carbons (Fsp3) is 0.500. The molecule has 1 aromatic carbocycles. The Morgan fingerprint density at radius 2 is 1.95 bits per heavy atom. The Balaban J connectivity index is 2.05. The number of halogens is 1. The third-order valence-electron chi connectivity index (χ3n) is 3.84. The van der Waals surface area contributed by atoms with Crippen molar-refractivity contribution in [1.82, 2.24) is 4.90 Å². The number of hydrogen-bond acceptors (Lipinski definition) is 2. The molecule has 0 N–H and O–H groups in total. The van der Waals surface area contributed by atoms with E-state index in [-0.39, 0.29) is 11.8 Å². The Kier molecular flexibility index (Phi) is 5.39. The smallest absolute Gasteiger partial charge is 0.224 e. The van der Waals surface area contributed by atoms with E-state index in [9.17, 15) is 9.59 Å². The Morgan fingerprint density at radius 3 is 2.52 bits per heavy atom. The highest BCUT2D eigenvalue weighted by molar-refractivity contribution is 9.10. The van der Waals surface area contributed by atoms with Gasteiger partial charge in [-0.2, -0.15) is 0 Å². The van der Waals surface area contributed by atoms with Crippen molar-refractivity contribution in [2.75, 3.05) is 24.5 Å². The summed E-state index contributed by atoms with van der Waals surface area (Å²) in [5, 5.41) is 0. The number of benzene rings is 1. The molecule has 1 heterocycles. The number of likely N-dealkylation sites (tertiary alicyclic amines) is 1. The fourth-order valence-corrected chi connectivity index (χ4v) is 3.18. The molecule has 0 saturated carbocycles. The zero-order valence-corrected chi connectivity index (χ0v) is 14.1. The lowest BCUT2D eigenvalue weighted by Gasteiger charge is -2.24. The van der Waals surface area contributed by atoms with Gasteiger partial charge in [-0.15, -0.1) is 0 Å². The molecule has 1 aliphatic rings. The number of carbonyl (C=O) groups is 2. The van der Waals surface area contributed by atoms with E-state index in [2.05, 4.69) is 15.9 Å². The lowest BCUT2D eigenvalue weighted by Crippen LogP contribution is -2.35. The first-order valence-corrected chi connectivity index (χ1v) is 8.10. The summed E-state index contributed by atoms with van der Waals surface area (Å²) in [6, 6.07) is 5.81. The van der Waals surface area contributed by atoms with Crippen LogP contribution >= 0.6 is 15.9 Å². The monoisotopic (exact) mass is 352 g/mol. The van der Waals surface area contributed by atoms with Gasteiger partial charge in [-0.1, -0.05) is 15.9 Å². The van der Waals surface area contributed by atoms with Gasteiger partial charge in [-0.05, 0) is 43.5 Å². The summed E-state index contributed by atoms with van der Waals surface area (Å²) in [6.45, 7) is 5.67. The fourth-order valence-electron chi connectivity index (χ4n) is 2.70. The zero-order valence-electron chi connectivity index (χ0n) is 12.6. The van der Waals surface area contributed by atoms with Crippen LogP contribution < -0.4 is 4.90 Å². The van der Waals surface area contributed by atoms with Gasteiger partial charge in [-0.3, -0.25) is 9.59 Å². The summed E-state index contributed by atoms with van der Waals surface area (Å²) in [7, 11) is 0. The summed E-state index contributed by atoms with van der Waals surface area (Å²) in [6.07, 6.45) is 2.57. The van der Waals surface area contributed by atoms with Crippen molar-refractivity contribution >= 4 is 33.4 Å². The highest BCUT2D eigenvalue weighted by atomic mass is 79.9. The number of carbonyl (C=O) groups excluding carboxylic acids is 2. The molecule has 0 aromatic heterocycles. The second-order valence-corrected chi connectivity index (χ2v) is 6.36. The summed E-state index contributed by atoms with van der Waals surface area (Å²) < 4.78 is 0.986. The van der Waals surface area contributed by atoms with Crippen LogP contribution in [0.4, 0.5) is 5.69 Å². The minimum atomic E-state index is -0.0327. The molecule has 114 valence electrons. The summed E-state index contributed by atoms with van der Waals surface area (Å²) in [4.78, 5) is 27.6. The van der Waals surface area contributed by atoms with Gasteiger partial charge in [0.1, 0.15) is 0 Å². The maximum atomic E-state index is 12.1. The van der Waals surface area contributed by atoms with E-state index >= 15 is 0 Å². The van der Waals surface area contributed by atoms with E-state index in [0.29, 0.717) is 13.0 Å². The van der Waals surface area contributed by atoms with E-state index in [4.69, 9.17) is 0 Å². The molecule has 0 spiro atoms. The molecule has 1 saturated heterocycles. The van der Waals surface area contributed by atoms with Gasteiger partial charge in [0, 0.05) is 43.1 Å². The van der Waals surface area contributed by atoms with Gasteiger partial charge in [0.15, 0.2) is 0 Å². The molecule has 0 atom stereocenters. The van der Waals surface area contributed by atoms with Crippen LogP contribution in [0.2, 0.25) is 0 Å². The molecule has 4 nitrogen and oxygen atoms in total. The van der Waals surface area contributed by atoms with Crippen molar-refractivity contribution in [1.29, 1.82) is 0 Å². The predicted molar refractivity (Wildman–Crippen MR) is 87.3 cm³/mol. The van der Waals surface area contributed by atoms with E-state index in [1.165, 1.54) is 0 Å². The first-order valence-electron chi connectivity index (χ1n) is 7.31. The van der Waals surface area contributed by atoms with Crippen molar-refractivity contribution in [3.63, 3.8) is 0 Å². The number of hydrogen-bond donors (Lipinski definition) is 0. The average molecular weight is 353 g/mol. The van der Waals surface area contributed by atoms with Crippen LogP contribution in [-0.2, 0) is 9.59 Å². The van der Waals surface area contributed by atoms with Crippen LogP contribution in [0.1, 0.15) is 31.7 Å². The Bertz CT molecular complexity index is 539. The van der Waals surface area contributed by atoms with Crippen LogP contribution in [0, 0.1) is 6.92 Å². The van der Waals surface area contributed by atoms with Crippen LogP contribution in [0.5, 0.6) is 0 Å². The van der Waals surface area contributed by atoms with Crippen LogP contribution in [-0.4, -0.2) is 36.3 Å². The van der Waals surface area contributed by atoms with Crippen molar-refractivity contribution in [2.45, 2.75) is 33.1 Å². The first kappa shape index (κ1) is 16.0. The van der Waals surface area contributed by atoms with E-state index < -0.39 is 0 Å². The van der Waals surface area contributed by atoms with Crippen molar-refractivity contribution in [3.05, 3.63) is 28.2 Å². The SMILES string of the molecule is CC(=O)N(CCC(=O)N1CCCC1)c1ccc(Br)cc1C. The molecule has 0 radical (unpaired) electrons. The molecule has 5 heteroatoms. The third kappa shape index (κ3) is 4.06. The van der Waals surface area contributed by atoms with Gasteiger partial charge in [-0.25, -0.2) is 0 Å². The highest BCUT2D eigenvalue weighted by Crippen LogP contribution is 2.24. The van der Waals surface area contributed by atoms with Crippen molar-refractivity contribution < 1.29 is 9.59 Å². The summed E-state index contributed by atoms with van der Waals surface area (Å²) in [5.41, 5.74) is 1.90. The number of nitrogens with zero attached hydrogens (tertiary/aromatic N) is 2. The van der Waals surface area contributed by atoms with Crippen LogP contribution in [0.3, 0.4) is 0 Å². The predicted octanol–water partition coefficient (Wildman–Crippen LogP) is 3.12. The number of aryl methyl sites for hydroxylation is 1. The zero-order chi connectivity index (χ0) is 15.4. The van der Waals surface area contributed by atoms with Gasteiger partial charge in [0.25, 0.3) is 0 Å². The van der Waals surface area contributed by atoms with Gasteiger partial charge >= 0.3 is 0 Å². The highest BCUT2D eigenvalue weighted by Gasteiger charge is 2.20. The number of anilines is 1. The molecule has 1 aromatic rings. The lowest BCUT2D eigenvalue weighted by molar-refractivity contribution is -0.129. The topological polar surface area (TPSA) is 40.6 Å². The van der Waals surface area contributed by atoms with Crippen molar-refractivity contribution in [2.24, 2.45) is 0 Å². The minimum Gasteiger partial charge on any atom is -0.343 e. The van der Waals surface area contributed by atoms with Crippen LogP contribution in [0.15, 0.2) is 22.7 Å². The maximum absolute atomic E-state index is 12.1. The average Bonchev–Trinajstić information content (AvgIpc) is 2.94. The molecule has 2 amide bonds. The molecule has 21 heavy (non-hydrogen) atoms. The molecule has 0 bridgehead atoms. The van der Waals surface area contributed by atoms with Gasteiger partial charge < -0.3 is 9.80 Å². The second kappa shape index (κ2) is 7.07. The molecule has 2 rings (SSSR count). The maximum Gasteiger partial charge on any atom is 0.224 e. The third-order valence-corrected chi connectivity index (χ3v) is 4.33. The van der Waals surface area contributed by atoms with Gasteiger partial charge in [0.2, 0.25) is 11.8 Å². The van der Waals surface area contributed by atoms with E-state index in [1.54, 1.807) is 11.8 Å². The molecule has 0 aliphatic carbocycles. The quantitative estimate of drug-likeness (QED) is 0.835. The van der Waals surface area contributed by atoms with Crippen LogP contribution in [0.25, 0.3) is 0 Å². The Hall–Kier alpha value is -1.36. The van der Waals surface area contributed by atoms with E-state index in [1.807, 2.05) is 30.0 Å². The van der Waals surface area contributed by atoms with Gasteiger partial charge in [0.05, 0.1) is 0 Å². The Labute approximate surface area is 134 Å². The molecule has 1 fully saturated rings. The summed E-state index contributed by atoms with van der Waals surface area (Å²) in [5.74, 6) is 0.114. The standard InChI is InChI=1S/C16H21BrN2O2/c1-12-11-14(17)5-6-15(12)19(13(2)20)10-7-16(21)18-8-3-4-9-18/h5-6,11H,3-4,7-10H2,1-2H3. The molecule has 0 unspecified atom stereocenters. The molecular formula is C16H21BrN2O2. The lowest BCUT2D eigenvalue weighted by atomic mass is 10.1. The van der Waals surface area contributed by atoms with Crippen molar-refractivity contribution in [3.8, 4) is 0 Å². The second-order valence-electron chi connectivity index (χ2n) is 5.44. The number of rotatable bonds is 4.